The van der Waals surface area contributed by atoms with Crippen LogP contribution in [0.4, 0.5) is 0 Å². The molecule has 2 rings (SSSR count). The number of aromatic carboxylic acids is 1. The summed E-state index contributed by atoms with van der Waals surface area (Å²) in [6, 6.07) is 5.47. The van der Waals surface area contributed by atoms with Crippen LogP contribution in [0, 0.1) is 0 Å². The standard InChI is InChI=1S/C11H10N2O2S4/c1-16-6-4-3-5-7(8(6)9(14)15)18-11-13-12-10(17-2)19-11/h3-5H,1-2H3,(H,14,15). The molecule has 0 aliphatic heterocycles. The smallest absolute Gasteiger partial charge is 0.337 e. The van der Waals surface area contributed by atoms with Gasteiger partial charge in [0.05, 0.1) is 5.56 Å². The van der Waals surface area contributed by atoms with E-state index < -0.39 is 5.97 Å². The second kappa shape index (κ2) is 6.65. The van der Waals surface area contributed by atoms with Gasteiger partial charge in [-0.3, -0.25) is 0 Å². The van der Waals surface area contributed by atoms with Gasteiger partial charge >= 0.3 is 5.97 Å². The van der Waals surface area contributed by atoms with E-state index in [1.165, 1.54) is 46.6 Å². The van der Waals surface area contributed by atoms with Gasteiger partial charge in [0, 0.05) is 9.79 Å². The summed E-state index contributed by atoms with van der Waals surface area (Å²) in [7, 11) is 0. The topological polar surface area (TPSA) is 63.1 Å². The first-order valence-electron chi connectivity index (χ1n) is 5.11. The van der Waals surface area contributed by atoms with Crippen LogP contribution in [0.1, 0.15) is 10.4 Å². The molecule has 0 radical (unpaired) electrons. The second-order valence-corrected chi connectivity index (χ2v) is 7.45. The normalized spacial score (nSPS) is 10.6. The summed E-state index contributed by atoms with van der Waals surface area (Å²) in [5, 5.41) is 17.4. The van der Waals surface area contributed by atoms with E-state index in [-0.39, 0.29) is 0 Å². The minimum atomic E-state index is -0.915. The zero-order valence-electron chi connectivity index (χ0n) is 10.1. The summed E-state index contributed by atoms with van der Waals surface area (Å²) in [6.45, 7) is 0. The number of rotatable bonds is 5. The summed E-state index contributed by atoms with van der Waals surface area (Å²) < 4.78 is 1.63. The Morgan fingerprint density at radius 2 is 1.84 bits per heavy atom. The lowest BCUT2D eigenvalue weighted by atomic mass is 10.2. The van der Waals surface area contributed by atoms with Crippen LogP contribution in [0.25, 0.3) is 0 Å². The van der Waals surface area contributed by atoms with E-state index in [4.69, 9.17) is 0 Å². The Morgan fingerprint density at radius 3 is 2.42 bits per heavy atom. The summed E-state index contributed by atoms with van der Waals surface area (Å²) in [4.78, 5) is 12.8. The number of carboxylic acids is 1. The maximum absolute atomic E-state index is 11.4. The van der Waals surface area contributed by atoms with Crippen molar-refractivity contribution in [2.75, 3.05) is 12.5 Å². The minimum absolute atomic E-state index is 0.334. The highest BCUT2D eigenvalue weighted by Gasteiger charge is 2.17. The van der Waals surface area contributed by atoms with Gasteiger partial charge < -0.3 is 5.11 Å². The van der Waals surface area contributed by atoms with E-state index in [0.29, 0.717) is 10.5 Å². The Morgan fingerprint density at radius 1 is 1.16 bits per heavy atom. The number of benzene rings is 1. The Labute approximate surface area is 127 Å². The van der Waals surface area contributed by atoms with Crippen molar-refractivity contribution in [1.82, 2.24) is 10.2 Å². The van der Waals surface area contributed by atoms with Crippen LogP contribution in [-0.4, -0.2) is 33.8 Å². The molecule has 0 aliphatic rings. The second-order valence-electron chi connectivity index (χ2n) is 3.28. The molecule has 0 saturated carbocycles. The van der Waals surface area contributed by atoms with E-state index >= 15 is 0 Å². The van der Waals surface area contributed by atoms with Crippen LogP contribution < -0.4 is 0 Å². The lowest BCUT2D eigenvalue weighted by Gasteiger charge is -2.07. The molecule has 1 N–H and O–H groups in total. The molecule has 0 bridgehead atoms. The Hall–Kier alpha value is -0.700. The predicted molar refractivity (Wildman–Crippen MR) is 81.0 cm³/mol. The lowest BCUT2D eigenvalue weighted by Crippen LogP contribution is -2.01. The molecule has 100 valence electrons. The number of thioether (sulfide) groups is 2. The molecule has 2 aromatic rings. The number of carboxylic acid groups (broad SMARTS) is 1. The van der Waals surface area contributed by atoms with Gasteiger partial charge in [-0.15, -0.1) is 22.0 Å². The van der Waals surface area contributed by atoms with Crippen molar-refractivity contribution < 1.29 is 9.90 Å². The Balaban J connectivity index is 2.36. The molecule has 0 unspecified atom stereocenters. The molecule has 0 atom stereocenters. The fourth-order valence-corrected chi connectivity index (χ4v) is 4.62. The third-order valence-corrected chi connectivity index (χ3v) is 5.97. The van der Waals surface area contributed by atoms with Crippen molar-refractivity contribution in [2.45, 2.75) is 18.5 Å². The molecule has 0 aliphatic carbocycles. The zero-order chi connectivity index (χ0) is 13.8. The molecule has 1 aromatic carbocycles. The minimum Gasteiger partial charge on any atom is -0.478 e. The molecule has 1 heterocycles. The fraction of sp³-hybridized carbons (Fsp3) is 0.182. The van der Waals surface area contributed by atoms with Gasteiger partial charge in [0.25, 0.3) is 0 Å². The predicted octanol–water partition coefficient (Wildman–Crippen LogP) is 3.83. The lowest BCUT2D eigenvalue weighted by molar-refractivity contribution is 0.0689. The van der Waals surface area contributed by atoms with Crippen LogP contribution in [0.2, 0.25) is 0 Å². The number of carbonyl (C=O) groups is 1. The Bertz CT molecular complexity index is 600. The van der Waals surface area contributed by atoms with Crippen molar-refractivity contribution in [3.8, 4) is 0 Å². The molecule has 0 amide bonds. The van der Waals surface area contributed by atoms with Crippen LogP contribution in [0.15, 0.2) is 36.7 Å². The number of aromatic nitrogens is 2. The summed E-state index contributed by atoms with van der Waals surface area (Å²) >= 11 is 5.77. The summed E-state index contributed by atoms with van der Waals surface area (Å²) in [6.07, 6.45) is 3.80. The monoisotopic (exact) mass is 330 g/mol. The maximum Gasteiger partial charge on any atom is 0.337 e. The first-order valence-corrected chi connectivity index (χ1v) is 9.19. The van der Waals surface area contributed by atoms with Gasteiger partial charge in [-0.05, 0) is 24.6 Å². The van der Waals surface area contributed by atoms with Crippen LogP contribution in [-0.2, 0) is 0 Å². The van der Waals surface area contributed by atoms with Crippen molar-refractivity contribution in [3.63, 3.8) is 0 Å². The highest BCUT2D eigenvalue weighted by atomic mass is 32.2. The fourth-order valence-electron chi connectivity index (χ4n) is 1.39. The molecular formula is C11H10N2O2S4. The van der Waals surface area contributed by atoms with Crippen molar-refractivity contribution in [1.29, 1.82) is 0 Å². The molecule has 0 spiro atoms. The highest BCUT2D eigenvalue weighted by molar-refractivity contribution is 8.03. The first-order chi connectivity index (χ1) is 9.15. The van der Waals surface area contributed by atoms with Crippen molar-refractivity contribution >= 4 is 52.6 Å². The number of nitrogens with zero attached hydrogens (tertiary/aromatic N) is 2. The average molecular weight is 330 g/mol. The number of hydrogen-bond donors (Lipinski definition) is 1. The largest absolute Gasteiger partial charge is 0.478 e. The number of hydrogen-bond acceptors (Lipinski definition) is 7. The van der Waals surface area contributed by atoms with Gasteiger partial charge in [0.15, 0.2) is 8.68 Å². The van der Waals surface area contributed by atoms with Crippen LogP contribution >= 0.6 is 46.6 Å². The quantitative estimate of drug-likeness (QED) is 0.836. The molecule has 1 aromatic heterocycles. The van der Waals surface area contributed by atoms with Crippen molar-refractivity contribution in [3.05, 3.63) is 23.8 Å². The summed E-state index contributed by atoms with van der Waals surface area (Å²) in [5.74, 6) is -0.915. The van der Waals surface area contributed by atoms with Gasteiger partial charge in [0.1, 0.15) is 0 Å². The van der Waals surface area contributed by atoms with Crippen LogP contribution in [0.3, 0.4) is 0 Å². The van der Waals surface area contributed by atoms with E-state index in [2.05, 4.69) is 10.2 Å². The Kier molecular flexibility index (Phi) is 5.14. The average Bonchev–Trinajstić information content (AvgIpc) is 2.85. The molecule has 8 heteroatoms. The third-order valence-electron chi connectivity index (χ3n) is 2.18. The van der Waals surface area contributed by atoms with E-state index in [9.17, 15) is 9.90 Å². The molecule has 0 fully saturated rings. The van der Waals surface area contributed by atoms with Crippen LogP contribution in [0.5, 0.6) is 0 Å². The maximum atomic E-state index is 11.4. The molecule has 19 heavy (non-hydrogen) atoms. The molecule has 0 saturated heterocycles. The summed E-state index contributed by atoms with van der Waals surface area (Å²) in [5.41, 5.74) is 0.334. The third kappa shape index (κ3) is 3.44. The van der Waals surface area contributed by atoms with Gasteiger partial charge in [0.2, 0.25) is 0 Å². The zero-order valence-corrected chi connectivity index (χ0v) is 13.4. The first kappa shape index (κ1) is 14.7. The molecular weight excluding hydrogens is 320 g/mol. The van der Waals surface area contributed by atoms with Gasteiger partial charge in [-0.25, -0.2) is 4.79 Å². The van der Waals surface area contributed by atoms with Gasteiger partial charge in [-0.2, -0.15) is 0 Å². The van der Waals surface area contributed by atoms with E-state index in [0.717, 1.165) is 13.6 Å². The highest BCUT2D eigenvalue weighted by Crippen LogP contribution is 2.37. The van der Waals surface area contributed by atoms with Gasteiger partial charge in [-0.1, -0.05) is 40.9 Å². The molecule has 4 nitrogen and oxygen atoms in total. The van der Waals surface area contributed by atoms with E-state index in [1.54, 1.807) is 6.07 Å². The van der Waals surface area contributed by atoms with E-state index in [1.807, 2.05) is 24.6 Å². The SMILES string of the molecule is CSc1nnc(Sc2cccc(SC)c2C(=O)O)s1. The van der Waals surface area contributed by atoms with Crippen molar-refractivity contribution in [2.24, 2.45) is 0 Å².